The molecule has 0 radical (unpaired) electrons. The molecule has 0 saturated carbocycles. The molecule has 6 heteroatoms. The Morgan fingerprint density at radius 2 is 1.23 bits per heavy atom. The molecule has 0 N–H and O–H groups in total. The zero-order chi connectivity index (χ0) is 32.7. The molecule has 0 aliphatic rings. The molecule has 0 spiro atoms. The van der Waals surface area contributed by atoms with Crippen LogP contribution in [0.25, 0.3) is 40.3 Å². The van der Waals surface area contributed by atoms with Gasteiger partial charge in [0.2, 0.25) is 0 Å². The van der Waals surface area contributed by atoms with E-state index in [9.17, 15) is 9.59 Å². The maximum absolute atomic E-state index is 13.7. The molecule has 7 aromatic rings. The van der Waals surface area contributed by atoms with Gasteiger partial charge in [-0.15, -0.1) is 22.7 Å². The Morgan fingerprint density at radius 1 is 0.660 bits per heavy atom. The topological polar surface area (TPSA) is 34.1 Å². The first kappa shape index (κ1) is 31.4. The van der Waals surface area contributed by atoms with Crippen molar-refractivity contribution in [1.29, 1.82) is 0 Å². The van der Waals surface area contributed by atoms with Crippen LogP contribution in [0.4, 0.5) is 0 Å². The van der Waals surface area contributed by atoms with Gasteiger partial charge in [-0.3, -0.25) is 9.59 Å². The van der Waals surface area contributed by atoms with Gasteiger partial charge in [0, 0.05) is 56.9 Å². The van der Waals surface area contributed by atoms with Gasteiger partial charge in [-0.1, -0.05) is 54.7 Å². The zero-order valence-electron chi connectivity index (χ0n) is 26.2. The lowest BCUT2D eigenvalue weighted by Gasteiger charge is -2.12. The van der Waals surface area contributed by atoms with E-state index in [1.165, 1.54) is 10.5 Å². The van der Waals surface area contributed by atoms with Crippen LogP contribution in [0, 0.1) is 6.92 Å². The average Bonchev–Trinajstić information content (AvgIpc) is 3.07. The predicted molar refractivity (Wildman–Crippen MR) is 209 cm³/mol. The number of aryl methyl sites for hydroxylation is 1. The third-order valence-electron chi connectivity index (χ3n) is 8.05. The summed E-state index contributed by atoms with van der Waals surface area (Å²) in [6.45, 7) is 10.6. The minimum atomic E-state index is -0.492. The minimum Gasteiger partial charge on any atom is -0.289 e. The van der Waals surface area contributed by atoms with Gasteiger partial charge in [-0.25, -0.2) is 0 Å². The molecule has 2 heterocycles. The average molecular weight is 684 g/mol. The lowest BCUT2D eigenvalue weighted by Crippen LogP contribution is -2.09. The normalized spacial score (nSPS) is 13.3. The molecule has 2 aromatic heterocycles. The second-order valence-electron chi connectivity index (χ2n) is 11.4. The van der Waals surface area contributed by atoms with E-state index in [4.69, 9.17) is 0 Å². The molecule has 0 saturated heterocycles. The number of allylic oxidation sites excluding steroid dienone is 4. The smallest absolute Gasteiger partial charge is 0.196 e. The van der Waals surface area contributed by atoms with Crippen LogP contribution < -0.4 is 10.9 Å². The molecular weight excluding hydrogens is 653 g/mol. The third-order valence-corrected chi connectivity index (χ3v) is 13.7. The van der Waals surface area contributed by atoms with Crippen molar-refractivity contribution in [3.63, 3.8) is 0 Å². The van der Waals surface area contributed by atoms with Crippen LogP contribution in [0.1, 0.15) is 19.4 Å². The van der Waals surface area contributed by atoms with Crippen LogP contribution in [-0.2, 0) is 10.9 Å². The van der Waals surface area contributed by atoms with E-state index in [0.29, 0.717) is 0 Å². The molecule has 0 aliphatic heterocycles. The Morgan fingerprint density at radius 3 is 1.87 bits per heavy atom. The third kappa shape index (κ3) is 6.15. The van der Waals surface area contributed by atoms with Crippen LogP contribution in [0.3, 0.4) is 0 Å². The van der Waals surface area contributed by atoms with Crippen molar-refractivity contribution in [2.75, 3.05) is 0 Å². The first-order chi connectivity index (χ1) is 22.8. The Hall–Kier alpha value is -4.20. The van der Waals surface area contributed by atoms with Crippen molar-refractivity contribution in [2.45, 2.75) is 35.5 Å². The number of hydrogen-bond acceptors (Lipinski definition) is 5. The molecule has 1 atom stereocenters. The molecule has 1 unspecified atom stereocenters. The van der Waals surface area contributed by atoms with Crippen molar-refractivity contribution in [3.05, 3.63) is 169 Å². The van der Waals surface area contributed by atoms with E-state index in [2.05, 4.69) is 88.0 Å². The summed E-state index contributed by atoms with van der Waals surface area (Å²) in [7, 11) is -0.492. The van der Waals surface area contributed by atoms with Gasteiger partial charge >= 0.3 is 0 Å². The Labute approximate surface area is 288 Å². The summed E-state index contributed by atoms with van der Waals surface area (Å²) in [5, 5.41) is 3.04. The van der Waals surface area contributed by atoms with E-state index in [-0.39, 0.29) is 10.9 Å². The molecule has 230 valence electrons. The number of thioether (sulfide) groups is 1. The number of rotatable bonds is 7. The zero-order valence-corrected chi connectivity index (χ0v) is 29.5. The summed E-state index contributed by atoms with van der Waals surface area (Å²) in [4.78, 5) is 32.5. The van der Waals surface area contributed by atoms with Crippen molar-refractivity contribution >= 4 is 85.7 Å². The summed E-state index contributed by atoms with van der Waals surface area (Å²) in [5.74, 6) is 0. The van der Waals surface area contributed by atoms with E-state index in [1.807, 2.05) is 60.7 Å². The van der Waals surface area contributed by atoms with E-state index < -0.39 is 10.9 Å². The summed E-state index contributed by atoms with van der Waals surface area (Å²) >= 11 is 4.97. The van der Waals surface area contributed by atoms with Gasteiger partial charge < -0.3 is 0 Å². The molecule has 0 amide bonds. The molecule has 5 aromatic carbocycles. The van der Waals surface area contributed by atoms with E-state index in [0.717, 1.165) is 65.5 Å². The van der Waals surface area contributed by atoms with Gasteiger partial charge in [-0.2, -0.15) is 0 Å². The van der Waals surface area contributed by atoms with Gasteiger partial charge in [0.05, 0.1) is 10.9 Å². The molecule has 47 heavy (non-hydrogen) atoms. The van der Waals surface area contributed by atoms with Crippen molar-refractivity contribution in [1.82, 2.24) is 0 Å². The highest BCUT2D eigenvalue weighted by Crippen LogP contribution is 2.38. The predicted octanol–water partition coefficient (Wildman–Crippen LogP) is 11.6. The highest BCUT2D eigenvalue weighted by Gasteiger charge is 2.31. The van der Waals surface area contributed by atoms with Crippen molar-refractivity contribution in [3.8, 4) is 0 Å². The molecule has 0 aliphatic carbocycles. The van der Waals surface area contributed by atoms with Gasteiger partial charge in [-0.05, 0) is 110 Å². The Kier molecular flexibility index (Phi) is 8.77. The highest BCUT2D eigenvalue weighted by atomic mass is 32.2. The molecule has 0 fully saturated rings. The largest absolute Gasteiger partial charge is 0.289 e. The standard InChI is InChI=1S/C41H31O2S4/c1-5-39(26(3)22-27(4)44-28-17-19-37-33(23-28)40(42)31-13-6-8-15-35(31)45-37)47(29-12-10-11-25(2)21-29)30-18-20-38-34(24-30)41(43)32-14-7-9-16-36(32)46-38/h5-24H,1H2,2-4H3/q+1/b27-22+,39-26+. The second kappa shape index (κ2) is 13.1. The van der Waals surface area contributed by atoms with Crippen LogP contribution in [0.5, 0.6) is 0 Å². The molecular formula is C41H31O2S4+. The van der Waals surface area contributed by atoms with Crippen molar-refractivity contribution in [2.24, 2.45) is 0 Å². The fourth-order valence-electron chi connectivity index (χ4n) is 5.88. The molecule has 7 rings (SSSR count). The number of benzene rings is 5. The van der Waals surface area contributed by atoms with Crippen LogP contribution in [0.2, 0.25) is 0 Å². The van der Waals surface area contributed by atoms with Gasteiger partial charge in [0.15, 0.2) is 25.6 Å². The summed E-state index contributed by atoms with van der Waals surface area (Å²) in [5.41, 5.74) is 2.44. The lowest BCUT2D eigenvalue weighted by molar-refractivity contribution is 1.33. The van der Waals surface area contributed by atoms with Crippen LogP contribution in [0.15, 0.2) is 168 Å². The van der Waals surface area contributed by atoms with Crippen molar-refractivity contribution < 1.29 is 0 Å². The first-order valence-electron chi connectivity index (χ1n) is 15.2. The van der Waals surface area contributed by atoms with E-state index >= 15 is 0 Å². The fourth-order valence-corrected chi connectivity index (χ4v) is 11.2. The summed E-state index contributed by atoms with van der Waals surface area (Å²) in [6, 6.07) is 36.8. The van der Waals surface area contributed by atoms with E-state index in [1.54, 1.807) is 34.4 Å². The van der Waals surface area contributed by atoms with Gasteiger partial charge in [0.1, 0.15) is 0 Å². The maximum atomic E-state index is 13.7. The summed E-state index contributed by atoms with van der Waals surface area (Å²) in [6.07, 6.45) is 4.17. The second-order valence-corrected chi connectivity index (χ2v) is 16.9. The highest BCUT2D eigenvalue weighted by molar-refractivity contribution is 8.03. The SMILES string of the molecule is C=C/C(=C(C)\C=C(/C)Sc1ccc2sc3ccccc3c(=O)c2c1)[S+](c1cccc(C)c1)c1ccc2sc3ccccc3c(=O)c2c1. The fraction of sp³-hybridized carbons (Fsp3) is 0.0732. The van der Waals surface area contributed by atoms with Crippen LogP contribution in [-0.4, -0.2) is 0 Å². The maximum Gasteiger partial charge on any atom is 0.196 e. The Bertz CT molecular complexity index is 2550. The quantitative estimate of drug-likeness (QED) is 0.0726. The first-order valence-corrected chi connectivity index (χ1v) is 18.9. The molecule has 0 bridgehead atoms. The number of hydrogen-bond donors (Lipinski definition) is 0. The minimum absolute atomic E-state index is 0.0717. The lowest BCUT2D eigenvalue weighted by atomic mass is 10.2. The Balaban J connectivity index is 1.31. The van der Waals surface area contributed by atoms with Gasteiger partial charge in [0.25, 0.3) is 0 Å². The molecule has 2 nitrogen and oxygen atoms in total. The monoisotopic (exact) mass is 683 g/mol. The van der Waals surface area contributed by atoms with Crippen LogP contribution >= 0.6 is 34.4 Å². The number of fused-ring (bicyclic) bond motifs is 4. The summed E-state index contributed by atoms with van der Waals surface area (Å²) < 4.78 is 4.00.